The summed E-state index contributed by atoms with van der Waals surface area (Å²) in [6, 6.07) is 7.79. The molecule has 0 bridgehead atoms. The highest BCUT2D eigenvalue weighted by atomic mass is 35.5. The van der Waals surface area contributed by atoms with Gasteiger partial charge in [0.2, 0.25) is 0 Å². The largest absolute Gasteiger partial charge is 0.480 e. The summed E-state index contributed by atoms with van der Waals surface area (Å²) in [5.41, 5.74) is 0.437. The third-order valence-electron chi connectivity index (χ3n) is 6.08. The van der Waals surface area contributed by atoms with Gasteiger partial charge in [-0.25, -0.2) is 4.79 Å². The van der Waals surface area contributed by atoms with Gasteiger partial charge in [-0.1, -0.05) is 23.7 Å². The number of carbonyl (C=O) groups is 2. The van der Waals surface area contributed by atoms with Crippen molar-refractivity contribution in [3.05, 3.63) is 69.2 Å². The maximum atomic E-state index is 13.5. The van der Waals surface area contributed by atoms with Crippen LogP contribution in [0.2, 0.25) is 5.02 Å². The first-order chi connectivity index (χ1) is 17.5. The van der Waals surface area contributed by atoms with E-state index in [1.54, 1.807) is 24.3 Å². The molecular formula is C24H18ClF3N4O4S. The van der Waals surface area contributed by atoms with Crippen molar-refractivity contribution in [2.24, 2.45) is 4.99 Å². The second-order valence-electron chi connectivity index (χ2n) is 8.63. The van der Waals surface area contributed by atoms with Crippen LogP contribution in [0.4, 0.5) is 13.2 Å². The highest BCUT2D eigenvalue weighted by Crippen LogP contribution is 2.36. The lowest BCUT2D eigenvalue weighted by Gasteiger charge is -2.21. The van der Waals surface area contributed by atoms with Crippen molar-refractivity contribution >= 4 is 57.4 Å². The van der Waals surface area contributed by atoms with Crippen molar-refractivity contribution in [2.75, 3.05) is 6.54 Å². The number of aliphatic carboxylic acids is 1. The van der Waals surface area contributed by atoms with Crippen LogP contribution in [0.15, 0.2) is 52.5 Å². The number of amidine groups is 1. The number of rotatable bonds is 4. The first-order valence-corrected chi connectivity index (χ1v) is 12.2. The number of amides is 1. The van der Waals surface area contributed by atoms with Crippen molar-refractivity contribution in [1.29, 1.82) is 0 Å². The van der Waals surface area contributed by atoms with Gasteiger partial charge < -0.3 is 15.1 Å². The molecule has 1 aromatic heterocycles. The highest BCUT2D eigenvalue weighted by molar-refractivity contribution is 8.18. The molecule has 2 aromatic carbocycles. The molecule has 8 nitrogen and oxygen atoms in total. The number of halogens is 4. The molecule has 1 saturated heterocycles. The van der Waals surface area contributed by atoms with E-state index < -0.39 is 35.8 Å². The Hall–Kier alpha value is -3.35. The van der Waals surface area contributed by atoms with E-state index in [1.807, 2.05) is 0 Å². The number of hydrogen-bond donors (Lipinski definition) is 2. The van der Waals surface area contributed by atoms with Crippen LogP contribution in [-0.4, -0.2) is 60.6 Å². The number of aliphatic hydroxyl groups excluding tert-OH is 1. The third-order valence-corrected chi connectivity index (χ3v) is 7.34. The predicted molar refractivity (Wildman–Crippen MR) is 132 cm³/mol. The Kier molecular flexibility index (Phi) is 6.50. The lowest BCUT2D eigenvalue weighted by molar-refractivity contribution is -0.141. The van der Waals surface area contributed by atoms with Gasteiger partial charge in [0, 0.05) is 23.4 Å². The van der Waals surface area contributed by atoms with E-state index in [0.717, 1.165) is 17.8 Å². The quantitative estimate of drug-likeness (QED) is 0.468. The van der Waals surface area contributed by atoms with Gasteiger partial charge in [0.25, 0.3) is 5.91 Å². The standard InChI is InChI=1S/C24H18ClF3N4O4S/c25-15-3-2-13(17(7-15)24(26,27)28)10-32-18-4-1-12(5-14(18)9-29-32)6-20-21(34)30-23(37-20)31-11-16(33)8-19(31)22(35)36/h1-7,9,16,19,33H,8,10-11H2,(H,35,36). The summed E-state index contributed by atoms with van der Waals surface area (Å²) in [6.45, 7) is -0.0495. The summed E-state index contributed by atoms with van der Waals surface area (Å²) in [6.07, 6.45) is -2.22. The number of aliphatic hydroxyl groups is 1. The van der Waals surface area contributed by atoms with Gasteiger partial charge in [-0.2, -0.15) is 23.3 Å². The minimum absolute atomic E-state index is 0.00932. The molecule has 0 spiro atoms. The molecule has 0 saturated carbocycles. The van der Waals surface area contributed by atoms with Gasteiger partial charge >= 0.3 is 12.1 Å². The Morgan fingerprint density at radius 3 is 2.76 bits per heavy atom. The summed E-state index contributed by atoms with van der Waals surface area (Å²) in [5, 5.41) is 24.4. The number of fused-ring (bicyclic) bond motifs is 1. The van der Waals surface area contributed by atoms with Crippen LogP contribution >= 0.6 is 23.4 Å². The second-order valence-corrected chi connectivity index (χ2v) is 10.1. The number of nitrogens with zero attached hydrogens (tertiary/aromatic N) is 4. The molecule has 2 unspecified atom stereocenters. The lowest BCUT2D eigenvalue weighted by Crippen LogP contribution is -2.38. The molecule has 37 heavy (non-hydrogen) atoms. The Bertz CT molecular complexity index is 1490. The molecule has 2 aliphatic heterocycles. The molecule has 2 N–H and O–H groups in total. The number of carbonyl (C=O) groups excluding carboxylic acids is 1. The van der Waals surface area contributed by atoms with Crippen molar-refractivity contribution < 1.29 is 33.0 Å². The van der Waals surface area contributed by atoms with Crippen LogP contribution in [0, 0.1) is 0 Å². The minimum atomic E-state index is -4.56. The number of carboxylic acid groups (broad SMARTS) is 1. The zero-order chi connectivity index (χ0) is 26.5. The number of likely N-dealkylation sites (tertiary alicyclic amines) is 1. The normalized spacial score (nSPS) is 21.3. The number of aliphatic imine (C=N–C) groups is 1. The van der Waals surface area contributed by atoms with E-state index in [2.05, 4.69) is 10.1 Å². The van der Waals surface area contributed by atoms with E-state index >= 15 is 0 Å². The van der Waals surface area contributed by atoms with Crippen LogP contribution in [-0.2, 0) is 22.3 Å². The van der Waals surface area contributed by atoms with Crippen LogP contribution in [0.3, 0.4) is 0 Å². The maximum absolute atomic E-state index is 13.5. The summed E-state index contributed by atoms with van der Waals surface area (Å²) in [4.78, 5) is 29.6. The molecular weight excluding hydrogens is 533 g/mol. The van der Waals surface area contributed by atoms with Gasteiger partial charge in [-0.3, -0.25) is 9.48 Å². The van der Waals surface area contributed by atoms with E-state index in [9.17, 15) is 33.0 Å². The molecule has 1 fully saturated rings. The highest BCUT2D eigenvalue weighted by Gasteiger charge is 2.40. The molecule has 2 aliphatic rings. The molecule has 3 heterocycles. The number of hydrogen-bond acceptors (Lipinski definition) is 6. The van der Waals surface area contributed by atoms with Crippen molar-refractivity contribution in [1.82, 2.24) is 14.7 Å². The summed E-state index contributed by atoms with van der Waals surface area (Å²) in [5.74, 6) is -1.63. The number of β-amino-alcohol motifs (C(OH)–C–C–N with tert-alkyl or cyclic N) is 1. The minimum Gasteiger partial charge on any atom is -0.480 e. The smallest absolute Gasteiger partial charge is 0.416 e. The summed E-state index contributed by atoms with van der Waals surface area (Å²) >= 11 is 6.80. The van der Waals surface area contributed by atoms with Crippen molar-refractivity contribution in [3.63, 3.8) is 0 Å². The van der Waals surface area contributed by atoms with Crippen LogP contribution < -0.4 is 0 Å². The molecule has 192 valence electrons. The van der Waals surface area contributed by atoms with Gasteiger partial charge in [0.1, 0.15) is 6.04 Å². The molecule has 1 amide bonds. The Balaban J connectivity index is 1.37. The van der Waals surface area contributed by atoms with E-state index in [1.165, 1.54) is 27.9 Å². The van der Waals surface area contributed by atoms with E-state index in [-0.39, 0.29) is 40.2 Å². The topological polar surface area (TPSA) is 108 Å². The number of benzene rings is 2. The Labute approximate surface area is 217 Å². The molecule has 2 atom stereocenters. The average Bonchev–Trinajstić information content (AvgIpc) is 3.51. The van der Waals surface area contributed by atoms with Crippen LogP contribution in [0.5, 0.6) is 0 Å². The first kappa shape index (κ1) is 25.3. The zero-order valence-corrected chi connectivity index (χ0v) is 20.4. The number of thioether (sulfide) groups is 1. The Morgan fingerprint density at radius 1 is 1.24 bits per heavy atom. The molecule has 5 rings (SSSR count). The predicted octanol–water partition coefficient (Wildman–Crippen LogP) is 4.25. The van der Waals surface area contributed by atoms with E-state index in [0.29, 0.717) is 16.5 Å². The monoisotopic (exact) mass is 550 g/mol. The second kappa shape index (κ2) is 9.51. The SMILES string of the molecule is O=C1N=C(N2CC(O)CC2C(=O)O)SC1=Cc1ccc2c(cnn2Cc2ccc(Cl)cc2C(F)(F)F)c1. The van der Waals surface area contributed by atoms with E-state index in [4.69, 9.17) is 11.6 Å². The Morgan fingerprint density at radius 2 is 2.03 bits per heavy atom. The van der Waals surface area contributed by atoms with Gasteiger partial charge in [-0.05, 0) is 53.2 Å². The molecule has 0 radical (unpaired) electrons. The van der Waals surface area contributed by atoms with Crippen molar-refractivity contribution in [3.8, 4) is 0 Å². The van der Waals surface area contributed by atoms with Gasteiger partial charge in [0.05, 0.1) is 34.8 Å². The fraction of sp³-hybridized carbons (Fsp3) is 0.250. The third kappa shape index (κ3) is 5.09. The zero-order valence-electron chi connectivity index (χ0n) is 18.8. The maximum Gasteiger partial charge on any atom is 0.416 e. The number of alkyl halides is 3. The fourth-order valence-electron chi connectivity index (χ4n) is 4.36. The molecule has 13 heteroatoms. The van der Waals surface area contributed by atoms with Crippen LogP contribution in [0.1, 0.15) is 23.1 Å². The molecule has 3 aromatic rings. The van der Waals surface area contributed by atoms with Crippen molar-refractivity contribution in [2.45, 2.75) is 31.3 Å². The lowest BCUT2D eigenvalue weighted by atomic mass is 10.1. The fourth-order valence-corrected chi connectivity index (χ4v) is 5.51. The summed E-state index contributed by atoms with van der Waals surface area (Å²) in [7, 11) is 0. The molecule has 0 aliphatic carbocycles. The van der Waals surface area contributed by atoms with Gasteiger partial charge in [0.15, 0.2) is 5.17 Å². The number of aromatic nitrogens is 2. The summed E-state index contributed by atoms with van der Waals surface area (Å²) < 4.78 is 41.9. The van der Waals surface area contributed by atoms with Crippen LogP contribution in [0.25, 0.3) is 17.0 Å². The first-order valence-electron chi connectivity index (χ1n) is 11.0. The number of carboxylic acids is 1. The average molecular weight is 551 g/mol. The van der Waals surface area contributed by atoms with Gasteiger partial charge in [-0.15, -0.1) is 0 Å².